The molecule has 0 aromatic rings. The van der Waals surface area contributed by atoms with E-state index in [-0.39, 0.29) is 33.5 Å². The third-order valence-electron chi connectivity index (χ3n) is 17.7. The van der Waals surface area contributed by atoms with Crippen molar-refractivity contribution in [1.29, 1.82) is 0 Å². The number of esters is 1. The molecule has 14 heteroatoms. The van der Waals surface area contributed by atoms with Crippen LogP contribution in [0.5, 0.6) is 0 Å². The molecule has 7 aliphatic rings. The molecule has 0 aromatic carbocycles. The molecule has 0 spiro atoms. The number of carbonyl (C=O) groups excluding carboxylic acids is 1. The molecule has 6 fully saturated rings. The predicted octanol–water partition coefficient (Wildman–Crippen LogP) is 3.06. The fourth-order valence-electron chi connectivity index (χ4n) is 13.7. The van der Waals surface area contributed by atoms with Gasteiger partial charge in [0.2, 0.25) is 0 Å². The van der Waals surface area contributed by atoms with Crippen molar-refractivity contribution in [1.82, 2.24) is 0 Å². The molecule has 7 rings (SSSR count). The smallest absolute Gasteiger partial charge is 0.337 e. The molecule has 4 saturated carbocycles. The summed E-state index contributed by atoms with van der Waals surface area (Å²) in [5.41, 5.74) is 0.353. The summed E-state index contributed by atoms with van der Waals surface area (Å²) in [5, 5.41) is 74.4. The first-order valence-electron chi connectivity index (χ1n) is 21.2. The van der Waals surface area contributed by atoms with Crippen LogP contribution < -0.4 is 0 Å². The zero-order chi connectivity index (χ0) is 41.8. The van der Waals surface area contributed by atoms with Gasteiger partial charge in [-0.05, 0) is 116 Å². The Kier molecular flexibility index (Phi) is 11.2. The van der Waals surface area contributed by atoms with Crippen molar-refractivity contribution in [2.75, 3.05) is 13.7 Å². The van der Waals surface area contributed by atoms with Crippen LogP contribution in [0.4, 0.5) is 0 Å². The van der Waals surface area contributed by atoms with Gasteiger partial charge < -0.3 is 59.4 Å². The van der Waals surface area contributed by atoms with Crippen molar-refractivity contribution in [3.05, 3.63) is 11.6 Å². The number of aliphatic carboxylic acids is 1. The van der Waals surface area contributed by atoms with Gasteiger partial charge in [-0.1, -0.05) is 53.2 Å². The molecule has 324 valence electrons. The Hall–Kier alpha value is -1.72. The van der Waals surface area contributed by atoms with E-state index in [0.717, 1.165) is 58.5 Å². The standard InChI is InChI=1S/C43H68O14/c1-38(2)24-11-14-43(7)25(10-9-21-22-19-40(4,37(51)52)16-15-39(22,3)17-18-42(21,43)6)41(24,5)13-12-26(38)55-36-33(29(47)27(45)23(20-44)54-36)57-35-31(49)28(46)30(48)32(56-35)34(50)53-8/h9,22-33,35-36,44-49H,10-20H2,1-8H3,(H,51,52)/t22-,23+,24-,25+,26-,27+,28-,29-,30-,31+,32-,33+,35-,36-,39+,40-,41-,42+,43+/m0/s1. The minimum Gasteiger partial charge on any atom is -0.481 e. The molecule has 2 heterocycles. The lowest BCUT2D eigenvalue weighted by atomic mass is 9.33. The Bertz CT molecular complexity index is 1590. The van der Waals surface area contributed by atoms with E-state index in [1.165, 1.54) is 5.57 Å². The summed E-state index contributed by atoms with van der Waals surface area (Å²) < 4.78 is 29.1. The van der Waals surface area contributed by atoms with Gasteiger partial charge in [-0.25, -0.2) is 4.79 Å². The fraction of sp³-hybridized carbons (Fsp3) is 0.907. The number of rotatable bonds is 7. The molecule has 0 aromatic heterocycles. The number of carboxylic acid groups (broad SMARTS) is 1. The molecular weight excluding hydrogens is 740 g/mol. The van der Waals surface area contributed by atoms with Crippen LogP contribution in [-0.4, -0.2) is 129 Å². The Labute approximate surface area is 336 Å². The van der Waals surface area contributed by atoms with E-state index in [2.05, 4.69) is 47.6 Å². The van der Waals surface area contributed by atoms with Crippen LogP contribution in [0.25, 0.3) is 0 Å². The van der Waals surface area contributed by atoms with Gasteiger partial charge in [0.25, 0.3) is 0 Å². The highest BCUT2D eigenvalue weighted by Crippen LogP contribution is 2.76. The molecule has 19 atom stereocenters. The maximum absolute atomic E-state index is 12.5. The van der Waals surface area contributed by atoms with Crippen LogP contribution in [0.3, 0.4) is 0 Å². The number of carbonyl (C=O) groups is 2. The summed E-state index contributed by atoms with van der Waals surface area (Å²) >= 11 is 0. The first kappa shape index (κ1) is 43.4. The zero-order valence-corrected chi connectivity index (χ0v) is 34.9. The van der Waals surface area contributed by atoms with Gasteiger partial charge in [0.1, 0.15) is 42.7 Å². The van der Waals surface area contributed by atoms with Gasteiger partial charge in [0, 0.05) is 0 Å². The normalized spacial score (nSPS) is 53.3. The highest BCUT2D eigenvalue weighted by molar-refractivity contribution is 5.75. The van der Waals surface area contributed by atoms with E-state index in [4.69, 9.17) is 23.7 Å². The van der Waals surface area contributed by atoms with Crippen molar-refractivity contribution in [3.63, 3.8) is 0 Å². The summed E-state index contributed by atoms with van der Waals surface area (Å²) in [6.07, 6.45) is -5.35. The van der Waals surface area contributed by atoms with Crippen LogP contribution >= 0.6 is 0 Å². The van der Waals surface area contributed by atoms with Gasteiger partial charge in [-0.3, -0.25) is 4.79 Å². The summed E-state index contributed by atoms with van der Waals surface area (Å²) in [6, 6.07) is 0. The molecule has 5 aliphatic carbocycles. The number of fused-ring (bicyclic) bond motifs is 7. The lowest BCUT2D eigenvalue weighted by Crippen LogP contribution is -2.67. The van der Waals surface area contributed by atoms with Crippen molar-refractivity contribution in [2.24, 2.45) is 50.2 Å². The summed E-state index contributed by atoms with van der Waals surface area (Å²) in [7, 11) is 1.08. The number of hydrogen-bond acceptors (Lipinski definition) is 13. The van der Waals surface area contributed by atoms with E-state index >= 15 is 0 Å². The summed E-state index contributed by atoms with van der Waals surface area (Å²) in [6.45, 7) is 15.5. The van der Waals surface area contributed by atoms with E-state index in [1.54, 1.807) is 0 Å². The third kappa shape index (κ3) is 6.48. The van der Waals surface area contributed by atoms with E-state index < -0.39 is 96.9 Å². The minimum atomic E-state index is -1.87. The molecule has 14 nitrogen and oxygen atoms in total. The molecule has 0 amide bonds. The number of ether oxygens (including phenoxy) is 5. The second-order valence-corrected chi connectivity index (χ2v) is 20.8. The average Bonchev–Trinajstić information content (AvgIpc) is 3.16. The first-order chi connectivity index (χ1) is 26.5. The lowest BCUT2D eigenvalue weighted by Gasteiger charge is -2.71. The van der Waals surface area contributed by atoms with Crippen LogP contribution in [0.2, 0.25) is 0 Å². The molecule has 57 heavy (non-hydrogen) atoms. The predicted molar refractivity (Wildman–Crippen MR) is 203 cm³/mol. The Balaban J connectivity index is 1.14. The maximum atomic E-state index is 12.5. The van der Waals surface area contributed by atoms with Gasteiger partial charge in [-0.15, -0.1) is 0 Å². The number of aliphatic hydroxyl groups excluding tert-OH is 6. The van der Waals surface area contributed by atoms with Gasteiger partial charge in [-0.2, -0.15) is 0 Å². The zero-order valence-electron chi connectivity index (χ0n) is 34.9. The molecule has 0 bridgehead atoms. The average molecular weight is 809 g/mol. The summed E-state index contributed by atoms with van der Waals surface area (Å²) in [4.78, 5) is 24.9. The number of allylic oxidation sites excluding steroid dienone is 2. The minimum absolute atomic E-state index is 0.00551. The molecule has 0 unspecified atom stereocenters. The monoisotopic (exact) mass is 808 g/mol. The number of carboxylic acids is 1. The van der Waals surface area contributed by atoms with E-state index in [0.29, 0.717) is 18.8 Å². The number of hydrogen-bond donors (Lipinski definition) is 7. The fourth-order valence-corrected chi connectivity index (χ4v) is 13.7. The molecule has 2 saturated heterocycles. The van der Waals surface area contributed by atoms with Crippen molar-refractivity contribution in [2.45, 2.75) is 180 Å². The van der Waals surface area contributed by atoms with Crippen molar-refractivity contribution in [3.8, 4) is 0 Å². The SMILES string of the molecule is COC(=O)[C@H]1O[C@@H](O[C@H]2[C@H](O[C@H]3CC[C@]4(C)[C@H]5CC=C6[C@@H]7C[C@@](C)(C(=O)O)CC[C@]7(C)CC[C@@]6(C)[C@]5(C)CC[C@H]4C3(C)C)O[C@H](CO)[C@@H](O)[C@@H]2O)[C@H](O)[C@@H](O)[C@@H]1O. The largest absolute Gasteiger partial charge is 0.481 e. The van der Waals surface area contributed by atoms with E-state index in [1.807, 2.05) is 6.92 Å². The van der Waals surface area contributed by atoms with Crippen LogP contribution in [-0.2, 0) is 33.3 Å². The third-order valence-corrected chi connectivity index (χ3v) is 17.7. The topological polar surface area (TPSA) is 222 Å². The molecule has 0 radical (unpaired) electrons. The molecule has 7 N–H and O–H groups in total. The molecular formula is C43H68O14. The van der Waals surface area contributed by atoms with E-state index in [9.17, 15) is 45.3 Å². The van der Waals surface area contributed by atoms with Crippen LogP contribution in [0.15, 0.2) is 11.6 Å². The Morgan fingerprint density at radius 1 is 0.772 bits per heavy atom. The quantitative estimate of drug-likeness (QED) is 0.112. The summed E-state index contributed by atoms with van der Waals surface area (Å²) in [5.74, 6) is -0.846. The van der Waals surface area contributed by atoms with Gasteiger partial charge in [0.05, 0.1) is 25.2 Å². The van der Waals surface area contributed by atoms with Crippen molar-refractivity contribution < 1.29 is 69.0 Å². The highest BCUT2D eigenvalue weighted by atomic mass is 16.8. The second-order valence-electron chi connectivity index (χ2n) is 20.8. The van der Waals surface area contributed by atoms with Gasteiger partial charge >= 0.3 is 11.9 Å². The van der Waals surface area contributed by atoms with Gasteiger partial charge in [0.15, 0.2) is 18.7 Å². The number of aliphatic hydroxyl groups is 6. The highest BCUT2D eigenvalue weighted by Gasteiger charge is 2.69. The van der Waals surface area contributed by atoms with Crippen LogP contribution in [0, 0.1) is 50.2 Å². The molecule has 2 aliphatic heterocycles. The maximum Gasteiger partial charge on any atom is 0.337 e. The Morgan fingerprint density at radius 3 is 2.11 bits per heavy atom. The first-order valence-corrected chi connectivity index (χ1v) is 21.2. The van der Waals surface area contributed by atoms with Crippen molar-refractivity contribution >= 4 is 11.9 Å². The second kappa shape index (κ2) is 14.7. The van der Waals surface area contributed by atoms with Crippen LogP contribution in [0.1, 0.15) is 113 Å². The Morgan fingerprint density at radius 2 is 1.46 bits per heavy atom. The number of methoxy groups -OCH3 is 1. The lowest BCUT2D eigenvalue weighted by molar-refractivity contribution is -0.375.